The molecule has 1 nitrogen and oxygen atoms in total. The van der Waals surface area contributed by atoms with Crippen LogP contribution in [0, 0.1) is 0 Å². The number of hydrogen-bond acceptors (Lipinski definition) is 1. The van der Waals surface area contributed by atoms with E-state index in [9.17, 15) is 0 Å². The van der Waals surface area contributed by atoms with Crippen LogP contribution in [0.15, 0.2) is 11.6 Å². The minimum atomic E-state index is -0.884. The third-order valence-electron chi connectivity index (χ3n) is 0.574. The van der Waals surface area contributed by atoms with Gasteiger partial charge in [0, 0.05) is 7.26 Å². The minimum Gasteiger partial charge on any atom is -0.509 e. The average Bonchev–Trinajstić information content (AvgIpc) is 1.21. The van der Waals surface area contributed by atoms with E-state index in [-0.39, 0.29) is 0 Å². The smallest absolute Gasteiger partial charge is 0.124 e. The van der Waals surface area contributed by atoms with Crippen LogP contribution in [0.1, 0.15) is 6.92 Å². The first-order valence-electron chi connectivity index (χ1n) is 2.61. The third kappa shape index (κ3) is 5.97. The predicted molar refractivity (Wildman–Crippen MR) is 41.1 cm³/mol. The fourth-order valence-corrected chi connectivity index (χ4v) is 1.68. The van der Waals surface area contributed by atoms with Crippen molar-refractivity contribution in [1.82, 2.24) is 0 Å². The summed E-state index contributed by atoms with van der Waals surface area (Å²) in [5, 5.41) is 8.78. The molecule has 0 aromatic carbocycles. The van der Waals surface area contributed by atoms with Gasteiger partial charge in [-0.3, -0.25) is 0 Å². The summed E-state index contributed by atoms with van der Waals surface area (Å²) >= 11 is 0. The summed E-state index contributed by atoms with van der Waals surface area (Å²) in [7, 11) is -0.884. The molecular weight excluding hydrogens is 119 g/mol. The monoisotopic (exact) mass is 133 g/mol. The largest absolute Gasteiger partial charge is 0.509 e. The first-order valence-corrected chi connectivity index (χ1v) is 5.81. The predicted octanol–water partition coefficient (Wildman–Crippen LogP) is 2.31. The van der Waals surface area contributed by atoms with Gasteiger partial charge in [0.1, 0.15) is 5.76 Å². The van der Waals surface area contributed by atoms with Crippen molar-refractivity contribution in [2.75, 3.05) is 20.0 Å². The molecule has 0 bridgehead atoms. The number of allylic oxidation sites excluding steroid dienone is 1. The molecule has 48 valence electrons. The van der Waals surface area contributed by atoms with Gasteiger partial charge in [-0.05, 0) is 6.92 Å². The molecule has 0 radical (unpaired) electrons. The molecule has 2 heteroatoms. The van der Waals surface area contributed by atoms with Crippen LogP contribution in [0.5, 0.6) is 0 Å². The zero-order valence-electron chi connectivity index (χ0n) is 5.97. The number of hydrogen-bond donors (Lipinski definition) is 1. The maximum absolute atomic E-state index is 8.78. The van der Waals surface area contributed by atoms with Crippen LogP contribution in [0.2, 0.25) is 0 Å². The van der Waals surface area contributed by atoms with Crippen molar-refractivity contribution in [3.05, 3.63) is 11.6 Å². The van der Waals surface area contributed by atoms with Crippen molar-refractivity contribution in [2.24, 2.45) is 0 Å². The lowest BCUT2D eigenvalue weighted by molar-refractivity contribution is 0.416. The zero-order chi connectivity index (χ0) is 6.78. The van der Waals surface area contributed by atoms with Crippen LogP contribution in [-0.2, 0) is 0 Å². The summed E-state index contributed by atoms with van der Waals surface area (Å²) in [4.78, 5) is 0. The highest BCUT2D eigenvalue weighted by Gasteiger charge is 2.12. The second-order valence-electron chi connectivity index (χ2n) is 2.89. The number of aliphatic hydroxyl groups excluding tert-OH is 1. The van der Waals surface area contributed by atoms with Gasteiger partial charge in [0.2, 0.25) is 0 Å². The Hall–Kier alpha value is -0.0300. The van der Waals surface area contributed by atoms with Crippen LogP contribution in [0.3, 0.4) is 0 Å². The molecule has 0 saturated carbocycles. The molecule has 0 fully saturated rings. The molecule has 1 N–H and O–H groups in total. The van der Waals surface area contributed by atoms with E-state index in [1.54, 1.807) is 6.92 Å². The van der Waals surface area contributed by atoms with Crippen molar-refractivity contribution in [3.63, 3.8) is 0 Å². The van der Waals surface area contributed by atoms with Gasteiger partial charge in [0.05, 0.1) is 25.8 Å². The van der Waals surface area contributed by atoms with E-state index < -0.39 is 7.26 Å². The summed E-state index contributed by atoms with van der Waals surface area (Å²) in [5.74, 6) is 2.39. The van der Waals surface area contributed by atoms with Gasteiger partial charge in [-0.25, -0.2) is 0 Å². The second-order valence-corrected chi connectivity index (χ2v) is 7.38. The van der Waals surface area contributed by atoms with Gasteiger partial charge >= 0.3 is 0 Å². The lowest BCUT2D eigenvalue weighted by Gasteiger charge is -2.02. The van der Waals surface area contributed by atoms with E-state index in [0.717, 1.165) is 0 Å². The van der Waals surface area contributed by atoms with Crippen molar-refractivity contribution >= 4 is 7.26 Å². The van der Waals surface area contributed by atoms with Crippen molar-refractivity contribution < 1.29 is 5.11 Å². The molecular formula is C6H14OP+. The van der Waals surface area contributed by atoms with E-state index in [4.69, 9.17) is 5.11 Å². The summed E-state index contributed by atoms with van der Waals surface area (Å²) in [6, 6.07) is 0. The molecule has 0 rings (SSSR count). The average molecular weight is 133 g/mol. The molecule has 0 aliphatic rings. The van der Waals surface area contributed by atoms with Crippen LogP contribution in [0.4, 0.5) is 0 Å². The van der Waals surface area contributed by atoms with Crippen LogP contribution >= 0.6 is 7.26 Å². The molecule has 0 unspecified atom stereocenters. The van der Waals surface area contributed by atoms with Gasteiger partial charge in [-0.2, -0.15) is 0 Å². The molecule has 0 amide bonds. The quantitative estimate of drug-likeness (QED) is 0.430. The summed E-state index contributed by atoms with van der Waals surface area (Å²) < 4.78 is 0. The first-order chi connectivity index (χ1) is 3.42. The Morgan fingerprint density at radius 1 is 1.38 bits per heavy atom. The molecule has 0 aliphatic heterocycles. The molecule has 8 heavy (non-hydrogen) atoms. The number of aliphatic hydroxyl groups is 1. The van der Waals surface area contributed by atoms with E-state index in [2.05, 4.69) is 20.0 Å². The Balaban J connectivity index is 3.89. The third-order valence-corrected chi connectivity index (χ3v) is 1.72. The maximum atomic E-state index is 8.78. The van der Waals surface area contributed by atoms with Gasteiger partial charge in [-0.15, -0.1) is 0 Å². The molecule has 0 spiro atoms. The Kier molecular flexibility index (Phi) is 2.49. The topological polar surface area (TPSA) is 20.2 Å². The SMILES string of the molecule is C/C(O)=C\[P+](C)(C)C. The van der Waals surface area contributed by atoms with Crippen LogP contribution < -0.4 is 0 Å². The van der Waals surface area contributed by atoms with Crippen LogP contribution in [-0.4, -0.2) is 25.1 Å². The fraction of sp³-hybridized carbons (Fsp3) is 0.667. The maximum Gasteiger partial charge on any atom is 0.124 e. The molecule has 0 aliphatic carbocycles. The van der Waals surface area contributed by atoms with E-state index in [1.165, 1.54) is 0 Å². The van der Waals surface area contributed by atoms with Gasteiger partial charge < -0.3 is 5.11 Å². The molecule has 0 atom stereocenters. The highest BCUT2D eigenvalue weighted by atomic mass is 31.2. The fourth-order valence-electron chi connectivity index (χ4n) is 0.561. The molecule has 0 heterocycles. The molecule has 0 aromatic rings. The summed E-state index contributed by atoms with van der Waals surface area (Å²) in [5.41, 5.74) is 0. The van der Waals surface area contributed by atoms with Crippen molar-refractivity contribution in [1.29, 1.82) is 0 Å². The van der Waals surface area contributed by atoms with Crippen LogP contribution in [0.25, 0.3) is 0 Å². The Bertz CT molecular complexity index is 95.6. The number of rotatable bonds is 1. The van der Waals surface area contributed by atoms with Gasteiger partial charge in [0.15, 0.2) is 0 Å². The minimum absolute atomic E-state index is 0.450. The van der Waals surface area contributed by atoms with E-state index in [0.29, 0.717) is 5.76 Å². The van der Waals surface area contributed by atoms with E-state index >= 15 is 0 Å². The Morgan fingerprint density at radius 2 is 1.75 bits per heavy atom. The highest BCUT2D eigenvalue weighted by molar-refractivity contribution is 7.76. The van der Waals surface area contributed by atoms with Gasteiger partial charge in [0.25, 0.3) is 0 Å². The molecule has 0 aromatic heterocycles. The Morgan fingerprint density at radius 3 is 1.75 bits per heavy atom. The lowest BCUT2D eigenvalue weighted by Crippen LogP contribution is -1.79. The summed E-state index contributed by atoms with van der Waals surface area (Å²) in [6.07, 6.45) is 0. The zero-order valence-corrected chi connectivity index (χ0v) is 6.87. The van der Waals surface area contributed by atoms with Crippen molar-refractivity contribution in [2.45, 2.75) is 6.92 Å². The van der Waals surface area contributed by atoms with Gasteiger partial charge in [-0.1, -0.05) is 0 Å². The second kappa shape index (κ2) is 2.50. The Labute approximate surface area is 51.8 Å². The summed E-state index contributed by atoms with van der Waals surface area (Å²) in [6.45, 7) is 8.19. The lowest BCUT2D eigenvalue weighted by atomic mass is 10.7. The first kappa shape index (κ1) is 7.97. The highest BCUT2D eigenvalue weighted by Crippen LogP contribution is 2.48. The normalized spacial score (nSPS) is 14.2. The van der Waals surface area contributed by atoms with E-state index in [1.807, 2.05) is 5.82 Å². The van der Waals surface area contributed by atoms with Crippen molar-refractivity contribution in [3.8, 4) is 0 Å². The molecule has 0 saturated heterocycles. The standard InChI is InChI=1S/C6H13OP/c1-6(7)5-8(2,3)4/h5H,1-4H3/p+1/b6-5+.